The molecule has 0 amide bonds. The third kappa shape index (κ3) is 2.40. The van der Waals surface area contributed by atoms with E-state index in [9.17, 15) is 23.8 Å². The summed E-state index contributed by atoms with van der Waals surface area (Å²) in [5.74, 6) is 0. The van der Waals surface area contributed by atoms with Crippen LogP contribution in [0.2, 0.25) is 0 Å². The molecule has 0 fully saturated rings. The molecule has 0 aromatic heterocycles. The smallest absolute Gasteiger partial charge is 0.249 e. The summed E-state index contributed by atoms with van der Waals surface area (Å²) in [6.07, 6.45) is -0.173. The van der Waals surface area contributed by atoms with Gasteiger partial charge in [-0.05, 0) is 25.5 Å². The molecule has 21 heavy (non-hydrogen) atoms. The number of sulfone groups is 1. The van der Waals surface area contributed by atoms with Crippen LogP contribution in [0.3, 0.4) is 0 Å². The fourth-order valence-corrected chi connectivity index (χ4v) is 4.42. The highest BCUT2D eigenvalue weighted by Crippen LogP contribution is 2.39. The first-order valence-corrected chi connectivity index (χ1v) is 7.92. The van der Waals surface area contributed by atoms with Gasteiger partial charge in [-0.2, -0.15) is 5.26 Å². The molecule has 1 rings (SSSR count). The minimum absolute atomic E-state index is 0.0774. The van der Waals surface area contributed by atoms with Crippen LogP contribution in [0, 0.1) is 28.4 Å². The maximum absolute atomic E-state index is 12.9. The van der Waals surface area contributed by atoms with Crippen molar-refractivity contribution in [1.29, 1.82) is 5.26 Å². The van der Waals surface area contributed by atoms with Crippen LogP contribution in [0.5, 0.6) is 0 Å². The van der Waals surface area contributed by atoms with Gasteiger partial charge in [0.1, 0.15) is 0 Å². The monoisotopic (exact) mass is 310 g/mol. The predicted octanol–water partition coefficient (Wildman–Crippen LogP) is 2.50. The first kappa shape index (κ1) is 17.1. The van der Waals surface area contributed by atoms with E-state index in [4.69, 9.17) is 0 Å². The average Bonchev–Trinajstić information content (AvgIpc) is 2.40. The molecule has 1 unspecified atom stereocenters. The lowest BCUT2D eigenvalue weighted by Crippen LogP contribution is -2.58. The molecule has 0 aliphatic rings. The lowest BCUT2D eigenvalue weighted by atomic mass is 9.86. The van der Waals surface area contributed by atoms with Crippen molar-refractivity contribution >= 4 is 9.84 Å². The van der Waals surface area contributed by atoms with E-state index < -0.39 is 25.0 Å². The molecular formula is C14H18N2O4S. The van der Waals surface area contributed by atoms with Crippen LogP contribution in [-0.4, -0.2) is 23.6 Å². The van der Waals surface area contributed by atoms with Crippen molar-refractivity contribution in [3.8, 4) is 6.07 Å². The molecule has 0 aliphatic carbocycles. The Bertz CT molecular complexity index is 687. The van der Waals surface area contributed by atoms with E-state index in [-0.39, 0.29) is 11.3 Å². The standard InChI is InChI=1S/C14H18N2O4S/c1-5-14(10-15,13(3,4)16(17)18)21(19,20)12-8-6-11(2)7-9-12/h6-9H,5H2,1-4H3. The van der Waals surface area contributed by atoms with Crippen molar-refractivity contribution in [2.75, 3.05) is 0 Å². The number of hydrogen-bond acceptors (Lipinski definition) is 5. The van der Waals surface area contributed by atoms with E-state index in [2.05, 4.69) is 0 Å². The number of nitriles is 1. The van der Waals surface area contributed by atoms with E-state index >= 15 is 0 Å². The van der Waals surface area contributed by atoms with Crippen LogP contribution < -0.4 is 0 Å². The lowest BCUT2D eigenvalue weighted by Gasteiger charge is -2.33. The molecule has 1 aromatic carbocycles. The summed E-state index contributed by atoms with van der Waals surface area (Å²) >= 11 is 0. The van der Waals surface area contributed by atoms with Crippen LogP contribution in [0.1, 0.15) is 32.8 Å². The zero-order valence-electron chi connectivity index (χ0n) is 12.5. The van der Waals surface area contributed by atoms with Crippen LogP contribution >= 0.6 is 0 Å². The number of aryl methyl sites for hydroxylation is 1. The Labute approximate surface area is 124 Å². The number of nitro groups is 1. The summed E-state index contributed by atoms with van der Waals surface area (Å²) in [7, 11) is -4.19. The topological polar surface area (TPSA) is 101 Å². The molecule has 0 aliphatic heterocycles. The summed E-state index contributed by atoms with van der Waals surface area (Å²) in [6.45, 7) is 5.62. The average molecular weight is 310 g/mol. The van der Waals surface area contributed by atoms with Crippen molar-refractivity contribution < 1.29 is 13.3 Å². The molecule has 0 bridgehead atoms. The molecule has 1 aromatic rings. The van der Waals surface area contributed by atoms with E-state index in [0.29, 0.717) is 0 Å². The maximum Gasteiger partial charge on any atom is 0.249 e. The van der Waals surface area contributed by atoms with Crippen LogP contribution in [-0.2, 0) is 9.84 Å². The summed E-state index contributed by atoms with van der Waals surface area (Å²) in [5.41, 5.74) is -1.07. The highest BCUT2D eigenvalue weighted by atomic mass is 32.2. The summed E-state index contributed by atoms with van der Waals surface area (Å²) in [4.78, 5) is 10.5. The first-order chi connectivity index (χ1) is 9.56. The Morgan fingerprint density at radius 2 is 1.76 bits per heavy atom. The third-order valence-corrected chi connectivity index (χ3v) is 6.60. The first-order valence-electron chi connectivity index (χ1n) is 6.44. The molecule has 1 atom stereocenters. The van der Waals surface area contributed by atoms with Crippen LogP contribution in [0.15, 0.2) is 29.2 Å². The number of benzene rings is 1. The SMILES string of the molecule is CCC(C#N)(C(C)(C)[N+](=O)[O-])S(=O)(=O)c1ccc(C)cc1. The molecule has 0 saturated carbocycles. The normalized spacial score (nSPS) is 15.0. The number of rotatable bonds is 5. The molecule has 0 heterocycles. The predicted molar refractivity (Wildman–Crippen MR) is 78.1 cm³/mol. The lowest BCUT2D eigenvalue weighted by molar-refractivity contribution is -0.564. The molecule has 0 N–H and O–H groups in total. The third-order valence-electron chi connectivity index (χ3n) is 3.91. The second kappa shape index (κ2) is 5.45. The van der Waals surface area contributed by atoms with Gasteiger partial charge in [0, 0.05) is 18.8 Å². The number of hydrogen-bond donors (Lipinski definition) is 0. The van der Waals surface area contributed by atoms with Gasteiger partial charge in [0.2, 0.25) is 20.1 Å². The van der Waals surface area contributed by atoms with Crippen molar-refractivity contribution in [1.82, 2.24) is 0 Å². The van der Waals surface area contributed by atoms with E-state index in [0.717, 1.165) is 5.56 Å². The van der Waals surface area contributed by atoms with Gasteiger partial charge in [-0.3, -0.25) is 10.1 Å². The minimum atomic E-state index is -4.19. The van der Waals surface area contributed by atoms with Gasteiger partial charge in [-0.25, -0.2) is 8.42 Å². The Morgan fingerprint density at radius 1 is 1.29 bits per heavy atom. The van der Waals surface area contributed by atoms with Crippen molar-refractivity contribution in [3.05, 3.63) is 39.9 Å². The van der Waals surface area contributed by atoms with Gasteiger partial charge in [0.25, 0.3) is 0 Å². The Balaban J connectivity index is 3.66. The summed E-state index contributed by atoms with van der Waals surface area (Å²) < 4.78 is 23.6. The van der Waals surface area contributed by atoms with Crippen molar-refractivity contribution in [2.45, 2.75) is 49.3 Å². The van der Waals surface area contributed by atoms with E-state index in [1.165, 1.54) is 32.9 Å². The van der Waals surface area contributed by atoms with Gasteiger partial charge in [0.15, 0.2) is 0 Å². The van der Waals surface area contributed by atoms with Gasteiger partial charge in [-0.15, -0.1) is 0 Å². The summed E-state index contributed by atoms with van der Waals surface area (Å²) in [6, 6.07) is 7.67. The highest BCUT2D eigenvalue weighted by molar-refractivity contribution is 7.93. The fourth-order valence-electron chi connectivity index (χ4n) is 2.29. The van der Waals surface area contributed by atoms with Crippen LogP contribution in [0.4, 0.5) is 0 Å². The van der Waals surface area contributed by atoms with Crippen molar-refractivity contribution in [2.24, 2.45) is 0 Å². The quantitative estimate of drug-likeness (QED) is 0.614. The van der Waals surface area contributed by atoms with Crippen molar-refractivity contribution in [3.63, 3.8) is 0 Å². The molecule has 7 heteroatoms. The molecular weight excluding hydrogens is 292 g/mol. The fraction of sp³-hybridized carbons (Fsp3) is 0.500. The Kier molecular flexibility index (Phi) is 4.44. The van der Waals surface area contributed by atoms with Gasteiger partial charge >= 0.3 is 0 Å². The molecule has 0 radical (unpaired) electrons. The molecule has 0 spiro atoms. The van der Waals surface area contributed by atoms with Gasteiger partial charge in [0.05, 0.1) is 11.0 Å². The maximum atomic E-state index is 12.9. The minimum Gasteiger partial charge on any atom is -0.264 e. The van der Waals surface area contributed by atoms with Crippen LogP contribution in [0.25, 0.3) is 0 Å². The Hall–Kier alpha value is -1.94. The number of nitrogens with zero attached hydrogens (tertiary/aromatic N) is 2. The largest absolute Gasteiger partial charge is 0.264 e. The second-order valence-electron chi connectivity index (χ2n) is 5.42. The zero-order valence-corrected chi connectivity index (χ0v) is 13.3. The van der Waals surface area contributed by atoms with E-state index in [1.807, 2.05) is 0 Å². The molecule has 0 saturated heterocycles. The second-order valence-corrected chi connectivity index (χ2v) is 7.60. The highest BCUT2D eigenvalue weighted by Gasteiger charge is 2.63. The molecule has 6 nitrogen and oxygen atoms in total. The molecule has 114 valence electrons. The van der Waals surface area contributed by atoms with Gasteiger partial charge < -0.3 is 0 Å². The Morgan fingerprint density at radius 3 is 2.10 bits per heavy atom. The van der Waals surface area contributed by atoms with E-state index in [1.54, 1.807) is 25.1 Å². The van der Waals surface area contributed by atoms with Gasteiger partial charge in [-0.1, -0.05) is 24.6 Å². The zero-order chi connectivity index (χ0) is 16.5. The summed E-state index contributed by atoms with van der Waals surface area (Å²) in [5, 5.41) is 20.8.